The number of nitrogens with zero attached hydrogens (tertiary/aromatic N) is 1. The number of sulfonamides is 1. The summed E-state index contributed by atoms with van der Waals surface area (Å²) in [5, 5.41) is 0. The van der Waals surface area contributed by atoms with E-state index in [0.717, 1.165) is 11.1 Å². The summed E-state index contributed by atoms with van der Waals surface area (Å²) in [4.78, 5) is 25.2. The van der Waals surface area contributed by atoms with E-state index in [4.69, 9.17) is 14.2 Å². The molecule has 0 saturated carbocycles. The molecule has 1 heterocycles. The monoisotopic (exact) mass is 475 g/mol. The van der Waals surface area contributed by atoms with Gasteiger partial charge in [-0.05, 0) is 68.1 Å². The average molecular weight is 476 g/mol. The number of ether oxygens (including phenoxy) is 3. The molecule has 1 aliphatic rings. The summed E-state index contributed by atoms with van der Waals surface area (Å²) in [6.45, 7) is 3.85. The lowest BCUT2D eigenvalue weighted by molar-refractivity contribution is -0.148. The quantitative estimate of drug-likeness (QED) is 0.427. The van der Waals surface area contributed by atoms with Crippen LogP contribution in [0, 0.1) is 19.8 Å². The molecule has 0 aromatic heterocycles. The molecule has 33 heavy (non-hydrogen) atoms. The van der Waals surface area contributed by atoms with Gasteiger partial charge >= 0.3 is 5.97 Å². The number of benzene rings is 2. The molecule has 1 aliphatic heterocycles. The Balaban J connectivity index is 1.55. The van der Waals surface area contributed by atoms with Gasteiger partial charge < -0.3 is 14.2 Å². The van der Waals surface area contributed by atoms with E-state index in [-0.39, 0.29) is 23.8 Å². The van der Waals surface area contributed by atoms with E-state index in [1.165, 1.54) is 24.6 Å². The van der Waals surface area contributed by atoms with Gasteiger partial charge in [0.15, 0.2) is 23.9 Å². The third kappa shape index (κ3) is 5.54. The van der Waals surface area contributed by atoms with E-state index in [0.29, 0.717) is 29.9 Å². The number of rotatable bonds is 8. The molecule has 0 radical (unpaired) electrons. The molecule has 1 saturated heterocycles. The van der Waals surface area contributed by atoms with E-state index in [1.54, 1.807) is 30.3 Å². The summed E-state index contributed by atoms with van der Waals surface area (Å²) in [7, 11) is -0.649. The van der Waals surface area contributed by atoms with Gasteiger partial charge in [0.25, 0.3) is 0 Å². The number of Topliss-reactive ketones (excluding diaryl/α,β-unsaturated/α-hetero) is 1. The van der Waals surface area contributed by atoms with Crippen molar-refractivity contribution in [3.63, 3.8) is 0 Å². The van der Waals surface area contributed by atoms with Crippen LogP contribution in [0.5, 0.6) is 11.5 Å². The molecule has 2 aromatic rings. The first-order chi connectivity index (χ1) is 15.7. The SMILES string of the molecule is COc1ccc(C(=O)COC(=O)C2CCN(S(=O)(=O)c3ccc(C)c(C)c3)CC2)cc1OC. The number of aryl methyl sites for hydroxylation is 2. The third-order valence-electron chi connectivity index (χ3n) is 5.95. The Bertz CT molecular complexity index is 1140. The number of hydrogen-bond donors (Lipinski definition) is 0. The van der Waals surface area contributed by atoms with Crippen LogP contribution >= 0.6 is 0 Å². The van der Waals surface area contributed by atoms with E-state index >= 15 is 0 Å². The Hall–Kier alpha value is -2.91. The molecular weight excluding hydrogens is 446 g/mol. The largest absolute Gasteiger partial charge is 0.493 e. The second kappa shape index (κ2) is 10.4. The lowest BCUT2D eigenvalue weighted by Crippen LogP contribution is -2.40. The van der Waals surface area contributed by atoms with Gasteiger partial charge in [-0.15, -0.1) is 0 Å². The van der Waals surface area contributed by atoms with E-state index in [1.807, 2.05) is 13.8 Å². The summed E-state index contributed by atoms with van der Waals surface area (Å²) >= 11 is 0. The van der Waals surface area contributed by atoms with Crippen LogP contribution < -0.4 is 9.47 Å². The second-order valence-corrected chi connectivity index (χ2v) is 9.96. The number of methoxy groups -OCH3 is 2. The summed E-state index contributed by atoms with van der Waals surface area (Å²) < 4.78 is 42.9. The van der Waals surface area contributed by atoms with Gasteiger partial charge in [0.05, 0.1) is 25.0 Å². The van der Waals surface area contributed by atoms with Crippen molar-refractivity contribution >= 4 is 21.8 Å². The predicted molar refractivity (Wildman–Crippen MR) is 122 cm³/mol. The zero-order chi connectivity index (χ0) is 24.2. The van der Waals surface area contributed by atoms with Gasteiger partial charge in [-0.1, -0.05) is 6.07 Å². The Kier molecular flexibility index (Phi) is 7.76. The first-order valence-corrected chi connectivity index (χ1v) is 12.1. The molecule has 0 atom stereocenters. The van der Waals surface area contributed by atoms with Crippen LogP contribution in [0.15, 0.2) is 41.3 Å². The standard InChI is InChI=1S/C24H29NO7S/c1-16-5-7-20(13-17(16)2)33(28,29)25-11-9-18(10-12-25)24(27)32-15-21(26)19-6-8-22(30-3)23(14-19)31-4/h5-8,13-14,18H,9-12,15H2,1-4H3. The van der Waals surface area contributed by atoms with Gasteiger partial charge in [0.1, 0.15) is 0 Å². The summed E-state index contributed by atoms with van der Waals surface area (Å²) in [6.07, 6.45) is 0.681. The van der Waals surface area contributed by atoms with Crippen molar-refractivity contribution < 1.29 is 32.2 Å². The van der Waals surface area contributed by atoms with Gasteiger partial charge in [0.2, 0.25) is 10.0 Å². The summed E-state index contributed by atoms with van der Waals surface area (Å²) in [5.74, 6) is -0.402. The zero-order valence-corrected chi connectivity index (χ0v) is 20.1. The summed E-state index contributed by atoms with van der Waals surface area (Å²) in [5.41, 5.74) is 2.28. The molecule has 8 nitrogen and oxygen atoms in total. The van der Waals surface area contributed by atoms with E-state index < -0.39 is 28.5 Å². The Labute approximate surface area is 194 Å². The van der Waals surface area contributed by atoms with Crippen molar-refractivity contribution in [3.05, 3.63) is 53.1 Å². The zero-order valence-electron chi connectivity index (χ0n) is 19.3. The van der Waals surface area contributed by atoms with Crippen molar-refractivity contribution in [1.29, 1.82) is 0 Å². The predicted octanol–water partition coefficient (Wildman–Crippen LogP) is 3.15. The maximum Gasteiger partial charge on any atom is 0.309 e. The lowest BCUT2D eigenvalue weighted by Gasteiger charge is -2.30. The van der Waals surface area contributed by atoms with Gasteiger partial charge in [-0.2, -0.15) is 4.31 Å². The molecule has 2 aromatic carbocycles. The molecule has 178 valence electrons. The molecule has 0 spiro atoms. The first kappa shape index (κ1) is 24.7. The molecule has 0 aliphatic carbocycles. The Morgan fingerprint density at radius 1 is 0.939 bits per heavy atom. The number of esters is 1. The second-order valence-electron chi connectivity index (χ2n) is 8.03. The van der Waals surface area contributed by atoms with Crippen molar-refractivity contribution in [2.75, 3.05) is 33.9 Å². The molecule has 9 heteroatoms. The minimum atomic E-state index is -3.62. The van der Waals surface area contributed by atoms with Gasteiger partial charge in [-0.25, -0.2) is 8.42 Å². The number of carbonyl (C=O) groups excluding carboxylic acids is 2. The molecule has 0 bridgehead atoms. The van der Waals surface area contributed by atoms with Crippen LogP contribution in [-0.4, -0.2) is 58.4 Å². The fraction of sp³-hybridized carbons (Fsp3) is 0.417. The molecule has 3 rings (SSSR count). The highest BCUT2D eigenvalue weighted by molar-refractivity contribution is 7.89. The fourth-order valence-corrected chi connectivity index (χ4v) is 5.26. The first-order valence-electron chi connectivity index (χ1n) is 10.7. The maximum atomic E-state index is 12.9. The van der Waals surface area contributed by atoms with Gasteiger partial charge in [-0.3, -0.25) is 9.59 Å². The van der Waals surface area contributed by atoms with Crippen molar-refractivity contribution in [3.8, 4) is 11.5 Å². The van der Waals surface area contributed by atoms with Crippen molar-refractivity contribution in [2.24, 2.45) is 5.92 Å². The molecule has 0 unspecified atom stereocenters. The summed E-state index contributed by atoms with van der Waals surface area (Å²) in [6, 6.07) is 9.79. The van der Waals surface area contributed by atoms with Crippen molar-refractivity contribution in [1.82, 2.24) is 4.31 Å². The molecule has 0 amide bonds. The minimum absolute atomic E-state index is 0.221. The van der Waals surface area contributed by atoms with E-state index in [2.05, 4.69) is 0 Å². The highest BCUT2D eigenvalue weighted by Gasteiger charge is 2.33. The molecule has 0 N–H and O–H groups in total. The van der Waals surface area contributed by atoms with Crippen LogP contribution in [0.25, 0.3) is 0 Å². The van der Waals surface area contributed by atoms with Crippen LogP contribution in [-0.2, 0) is 19.6 Å². The Morgan fingerprint density at radius 3 is 2.21 bits per heavy atom. The lowest BCUT2D eigenvalue weighted by atomic mass is 9.98. The number of hydrogen-bond acceptors (Lipinski definition) is 7. The van der Waals surface area contributed by atoms with Crippen LogP contribution in [0.2, 0.25) is 0 Å². The van der Waals surface area contributed by atoms with E-state index in [9.17, 15) is 18.0 Å². The van der Waals surface area contributed by atoms with Gasteiger partial charge in [0, 0.05) is 18.7 Å². The number of carbonyl (C=O) groups is 2. The molecule has 1 fully saturated rings. The van der Waals surface area contributed by atoms with Crippen molar-refractivity contribution in [2.45, 2.75) is 31.6 Å². The van der Waals surface area contributed by atoms with Crippen LogP contribution in [0.4, 0.5) is 0 Å². The fourth-order valence-electron chi connectivity index (χ4n) is 3.70. The molecular formula is C24H29NO7S. The normalized spacial score (nSPS) is 15.2. The van der Waals surface area contributed by atoms with Crippen LogP contribution in [0.1, 0.15) is 34.3 Å². The maximum absolute atomic E-state index is 12.9. The smallest absolute Gasteiger partial charge is 0.309 e. The number of piperidine rings is 1. The Morgan fingerprint density at radius 2 is 1.61 bits per heavy atom. The highest BCUT2D eigenvalue weighted by Crippen LogP contribution is 2.28. The third-order valence-corrected chi connectivity index (χ3v) is 7.85. The number of ketones is 1. The highest BCUT2D eigenvalue weighted by atomic mass is 32.2. The topological polar surface area (TPSA) is 99.2 Å². The average Bonchev–Trinajstić information content (AvgIpc) is 2.83. The minimum Gasteiger partial charge on any atom is -0.493 e. The van der Waals surface area contributed by atoms with Crippen LogP contribution in [0.3, 0.4) is 0 Å².